The molecule has 1 atom stereocenters. The molecule has 2 heterocycles. The largest absolute Gasteiger partial charge is 0.465 e. The number of amides is 3. The number of imide groups is 1. The van der Waals surface area contributed by atoms with Crippen molar-refractivity contribution >= 4 is 29.4 Å². The van der Waals surface area contributed by atoms with Crippen LogP contribution >= 0.6 is 0 Å². The minimum absolute atomic E-state index is 0.324. The van der Waals surface area contributed by atoms with E-state index in [1.807, 2.05) is 6.92 Å². The van der Waals surface area contributed by atoms with E-state index in [1.165, 1.54) is 7.11 Å². The Kier molecular flexibility index (Phi) is 4.45. The van der Waals surface area contributed by atoms with E-state index in [9.17, 15) is 19.2 Å². The van der Waals surface area contributed by atoms with Crippen LogP contribution < -0.4 is 4.90 Å². The number of esters is 1. The van der Waals surface area contributed by atoms with Crippen LogP contribution in [-0.2, 0) is 16.0 Å². The van der Waals surface area contributed by atoms with Crippen molar-refractivity contribution in [2.75, 3.05) is 18.6 Å². The number of ether oxygens (including phenoxy) is 1. The Morgan fingerprint density at radius 1 is 1.03 bits per heavy atom. The molecule has 29 heavy (non-hydrogen) atoms. The molecular formula is C22H20N2O5. The molecule has 0 saturated carbocycles. The maximum Gasteiger partial charge on any atom is 0.337 e. The average molecular weight is 392 g/mol. The number of fused-ring (bicyclic) bond motifs is 2. The van der Waals surface area contributed by atoms with Gasteiger partial charge in [0.15, 0.2) is 0 Å². The van der Waals surface area contributed by atoms with Gasteiger partial charge in [-0.3, -0.25) is 19.3 Å². The number of hydrogen-bond donors (Lipinski definition) is 0. The smallest absolute Gasteiger partial charge is 0.337 e. The van der Waals surface area contributed by atoms with Gasteiger partial charge in [-0.2, -0.15) is 0 Å². The summed E-state index contributed by atoms with van der Waals surface area (Å²) in [5.74, 6) is -1.67. The molecule has 0 fully saturated rings. The van der Waals surface area contributed by atoms with Gasteiger partial charge in [-0.05, 0) is 56.2 Å². The third-order valence-corrected chi connectivity index (χ3v) is 5.48. The highest BCUT2D eigenvalue weighted by atomic mass is 16.5. The fourth-order valence-corrected chi connectivity index (χ4v) is 3.94. The molecule has 148 valence electrons. The van der Waals surface area contributed by atoms with Crippen molar-refractivity contribution in [3.8, 4) is 0 Å². The maximum atomic E-state index is 13.2. The molecule has 3 amide bonds. The first-order valence-electron chi connectivity index (χ1n) is 9.34. The van der Waals surface area contributed by atoms with Crippen LogP contribution in [0.25, 0.3) is 0 Å². The van der Waals surface area contributed by atoms with Crippen LogP contribution in [0, 0.1) is 6.92 Å². The Morgan fingerprint density at radius 3 is 2.48 bits per heavy atom. The molecule has 0 aromatic heterocycles. The van der Waals surface area contributed by atoms with Crippen molar-refractivity contribution < 1.29 is 23.9 Å². The molecule has 7 heteroatoms. The molecule has 0 N–H and O–H groups in total. The topological polar surface area (TPSA) is 84.0 Å². The zero-order chi connectivity index (χ0) is 20.9. The van der Waals surface area contributed by atoms with Crippen LogP contribution in [0.2, 0.25) is 0 Å². The van der Waals surface area contributed by atoms with E-state index in [1.54, 1.807) is 48.2 Å². The van der Waals surface area contributed by atoms with Crippen molar-refractivity contribution in [3.63, 3.8) is 0 Å². The van der Waals surface area contributed by atoms with Crippen LogP contribution in [0.15, 0.2) is 36.4 Å². The third-order valence-electron chi connectivity index (χ3n) is 5.48. The first-order chi connectivity index (χ1) is 13.8. The highest BCUT2D eigenvalue weighted by Crippen LogP contribution is 2.32. The van der Waals surface area contributed by atoms with E-state index < -0.39 is 23.8 Å². The number of carbonyl (C=O) groups excluding carboxylic acids is 4. The number of carbonyl (C=O) groups is 4. The van der Waals surface area contributed by atoms with E-state index in [4.69, 9.17) is 4.74 Å². The van der Waals surface area contributed by atoms with Gasteiger partial charge in [0.05, 0.1) is 23.8 Å². The summed E-state index contributed by atoms with van der Waals surface area (Å²) in [5, 5.41) is 0. The van der Waals surface area contributed by atoms with E-state index in [-0.39, 0.29) is 5.91 Å². The minimum Gasteiger partial charge on any atom is -0.465 e. The Labute approximate surface area is 167 Å². The lowest BCUT2D eigenvalue weighted by molar-refractivity contribution is -0.121. The fraction of sp³-hybridized carbons (Fsp3) is 0.273. The second-order valence-corrected chi connectivity index (χ2v) is 7.28. The van der Waals surface area contributed by atoms with E-state index in [0.717, 1.165) is 16.0 Å². The first-order valence-corrected chi connectivity index (χ1v) is 9.34. The van der Waals surface area contributed by atoms with Gasteiger partial charge in [0.1, 0.15) is 6.04 Å². The molecule has 0 aliphatic carbocycles. The van der Waals surface area contributed by atoms with Gasteiger partial charge in [0.2, 0.25) is 5.91 Å². The highest BCUT2D eigenvalue weighted by Gasteiger charge is 2.42. The summed E-state index contributed by atoms with van der Waals surface area (Å²) in [6.07, 6.45) is 0.583. The standard InChI is InChI=1S/C22H20N2O5/c1-12-4-6-16-17(10-12)21(27)24(20(16)26)13(2)19(25)23-9-8-14-11-15(22(28)29-3)5-7-18(14)23/h4-7,10-11,13H,8-9H2,1-3H3/t13-/m1/s1. The van der Waals surface area contributed by atoms with Gasteiger partial charge < -0.3 is 9.64 Å². The maximum absolute atomic E-state index is 13.2. The Bertz CT molecular complexity index is 1070. The normalized spacial score (nSPS) is 16.0. The minimum atomic E-state index is -0.936. The fourth-order valence-electron chi connectivity index (χ4n) is 3.94. The lowest BCUT2D eigenvalue weighted by atomic mass is 10.1. The zero-order valence-electron chi connectivity index (χ0n) is 16.4. The molecule has 4 rings (SSSR count). The van der Waals surface area contributed by atoms with Crippen LogP contribution in [-0.4, -0.2) is 48.3 Å². The number of rotatable bonds is 3. The molecule has 2 aromatic carbocycles. The second kappa shape index (κ2) is 6.84. The molecule has 0 bridgehead atoms. The van der Waals surface area contributed by atoms with Gasteiger partial charge in [-0.15, -0.1) is 0 Å². The lowest BCUT2D eigenvalue weighted by Gasteiger charge is -2.27. The quantitative estimate of drug-likeness (QED) is 0.591. The van der Waals surface area contributed by atoms with Gasteiger partial charge in [0, 0.05) is 12.2 Å². The summed E-state index contributed by atoms with van der Waals surface area (Å²) >= 11 is 0. The predicted octanol–water partition coefficient (Wildman–Crippen LogP) is 2.36. The predicted molar refractivity (Wildman–Crippen MR) is 105 cm³/mol. The molecule has 0 spiro atoms. The van der Waals surface area contributed by atoms with E-state index in [0.29, 0.717) is 35.3 Å². The Morgan fingerprint density at radius 2 is 1.76 bits per heavy atom. The summed E-state index contributed by atoms with van der Waals surface area (Å²) in [6, 6.07) is 9.15. The molecule has 7 nitrogen and oxygen atoms in total. The van der Waals surface area contributed by atoms with Crippen molar-refractivity contribution in [2.24, 2.45) is 0 Å². The van der Waals surface area contributed by atoms with E-state index >= 15 is 0 Å². The highest BCUT2D eigenvalue weighted by molar-refractivity contribution is 6.23. The van der Waals surface area contributed by atoms with Crippen LogP contribution in [0.5, 0.6) is 0 Å². The van der Waals surface area contributed by atoms with Crippen LogP contribution in [0.1, 0.15) is 49.1 Å². The molecule has 0 radical (unpaired) electrons. The average Bonchev–Trinajstić information content (AvgIpc) is 3.24. The summed E-state index contributed by atoms with van der Waals surface area (Å²) in [5.41, 5.74) is 3.49. The van der Waals surface area contributed by atoms with Gasteiger partial charge >= 0.3 is 5.97 Å². The molecule has 2 aliphatic heterocycles. The van der Waals surface area contributed by atoms with Crippen LogP contribution in [0.3, 0.4) is 0 Å². The van der Waals surface area contributed by atoms with E-state index in [2.05, 4.69) is 0 Å². The number of aryl methyl sites for hydroxylation is 1. The first kappa shape index (κ1) is 18.9. The monoisotopic (exact) mass is 392 g/mol. The van der Waals surface area contributed by atoms with Crippen molar-refractivity contribution in [1.29, 1.82) is 0 Å². The Balaban J connectivity index is 1.60. The van der Waals surface area contributed by atoms with Crippen molar-refractivity contribution in [2.45, 2.75) is 26.3 Å². The molecular weight excluding hydrogens is 372 g/mol. The molecule has 2 aliphatic rings. The SMILES string of the molecule is COC(=O)c1ccc2c(c1)CCN2C(=O)[C@@H](C)N1C(=O)c2ccc(C)cc2C1=O. The summed E-state index contributed by atoms with van der Waals surface area (Å²) < 4.78 is 4.74. The van der Waals surface area contributed by atoms with Crippen molar-refractivity contribution in [3.05, 3.63) is 64.2 Å². The van der Waals surface area contributed by atoms with Gasteiger partial charge in [-0.1, -0.05) is 11.6 Å². The second-order valence-electron chi connectivity index (χ2n) is 7.28. The molecule has 0 unspecified atom stereocenters. The van der Waals surface area contributed by atoms with Gasteiger partial charge in [0.25, 0.3) is 11.8 Å². The zero-order valence-corrected chi connectivity index (χ0v) is 16.4. The summed E-state index contributed by atoms with van der Waals surface area (Å²) in [7, 11) is 1.32. The number of hydrogen-bond acceptors (Lipinski definition) is 5. The molecule has 2 aromatic rings. The van der Waals surface area contributed by atoms with Crippen LogP contribution in [0.4, 0.5) is 5.69 Å². The third kappa shape index (κ3) is 2.90. The van der Waals surface area contributed by atoms with Crippen molar-refractivity contribution in [1.82, 2.24) is 4.90 Å². The van der Waals surface area contributed by atoms with Gasteiger partial charge in [-0.25, -0.2) is 4.79 Å². The lowest BCUT2D eigenvalue weighted by Crippen LogP contribution is -2.49. The molecule has 0 saturated heterocycles. The number of anilines is 1. The summed E-state index contributed by atoms with van der Waals surface area (Å²) in [6.45, 7) is 3.84. The Hall–Kier alpha value is -3.48. The number of benzene rings is 2. The number of methoxy groups -OCH3 is 1. The number of nitrogens with zero attached hydrogens (tertiary/aromatic N) is 2. The summed E-state index contributed by atoms with van der Waals surface area (Å²) in [4.78, 5) is 53.1.